The van der Waals surface area contributed by atoms with Crippen LogP contribution in [0.5, 0.6) is 11.5 Å². The predicted molar refractivity (Wildman–Crippen MR) is 100 cm³/mol. The van der Waals surface area contributed by atoms with Crippen molar-refractivity contribution in [3.05, 3.63) is 24.0 Å². The van der Waals surface area contributed by atoms with Crippen molar-refractivity contribution >= 4 is 17.6 Å². The van der Waals surface area contributed by atoms with E-state index in [4.69, 9.17) is 9.47 Å². The standard InChI is InChI=1S/C18H27N5O2/c1-6-10-23(11-7-2)18-20-13(3)19-17(22-18)21-15-9-8-14(24-4)12-16(15)25-5/h8-9,12H,6-7,10-11H2,1-5H3,(H,19,20,21,22). The Hall–Kier alpha value is -2.57. The summed E-state index contributed by atoms with van der Waals surface area (Å²) < 4.78 is 10.7. The molecule has 2 aromatic rings. The summed E-state index contributed by atoms with van der Waals surface area (Å²) >= 11 is 0. The van der Waals surface area contributed by atoms with Crippen LogP contribution < -0.4 is 19.7 Å². The Kier molecular flexibility index (Phi) is 6.80. The van der Waals surface area contributed by atoms with E-state index in [1.807, 2.05) is 25.1 Å². The fourth-order valence-electron chi connectivity index (χ4n) is 2.54. The zero-order valence-corrected chi connectivity index (χ0v) is 15.7. The molecule has 0 fully saturated rings. The third-order valence-electron chi connectivity index (χ3n) is 3.66. The van der Waals surface area contributed by atoms with Crippen LogP contribution in [0.1, 0.15) is 32.5 Å². The second-order valence-corrected chi connectivity index (χ2v) is 5.68. The van der Waals surface area contributed by atoms with Crippen molar-refractivity contribution in [1.29, 1.82) is 0 Å². The quantitative estimate of drug-likeness (QED) is 0.745. The first kappa shape index (κ1) is 18.8. The number of aryl methyl sites for hydroxylation is 1. The molecule has 0 aliphatic carbocycles. The summed E-state index contributed by atoms with van der Waals surface area (Å²) in [6, 6.07) is 5.56. The van der Waals surface area contributed by atoms with Crippen molar-refractivity contribution in [3.8, 4) is 11.5 Å². The van der Waals surface area contributed by atoms with E-state index in [2.05, 4.69) is 39.0 Å². The number of anilines is 3. The predicted octanol–water partition coefficient (Wildman–Crippen LogP) is 3.57. The van der Waals surface area contributed by atoms with Gasteiger partial charge in [0, 0.05) is 19.2 Å². The molecule has 0 aliphatic heterocycles. The van der Waals surface area contributed by atoms with Crippen LogP contribution >= 0.6 is 0 Å². The molecule has 0 aliphatic rings. The third-order valence-corrected chi connectivity index (χ3v) is 3.66. The highest BCUT2D eigenvalue weighted by Crippen LogP contribution is 2.30. The van der Waals surface area contributed by atoms with Crippen LogP contribution in [0.25, 0.3) is 0 Å². The molecule has 1 N–H and O–H groups in total. The van der Waals surface area contributed by atoms with Gasteiger partial charge in [-0.2, -0.15) is 15.0 Å². The van der Waals surface area contributed by atoms with Crippen molar-refractivity contribution in [2.75, 3.05) is 37.5 Å². The summed E-state index contributed by atoms with van der Waals surface area (Å²) in [6.45, 7) is 8.01. The fourth-order valence-corrected chi connectivity index (χ4v) is 2.54. The van der Waals surface area contributed by atoms with E-state index in [0.29, 0.717) is 23.5 Å². The average molecular weight is 345 g/mol. The maximum Gasteiger partial charge on any atom is 0.232 e. The molecule has 0 atom stereocenters. The van der Waals surface area contributed by atoms with E-state index in [0.717, 1.165) is 37.4 Å². The highest BCUT2D eigenvalue weighted by Gasteiger charge is 2.13. The molecular weight excluding hydrogens is 318 g/mol. The lowest BCUT2D eigenvalue weighted by Crippen LogP contribution is -2.27. The molecule has 1 aromatic carbocycles. The van der Waals surface area contributed by atoms with Crippen molar-refractivity contribution < 1.29 is 9.47 Å². The van der Waals surface area contributed by atoms with E-state index in [-0.39, 0.29) is 0 Å². The molecule has 7 nitrogen and oxygen atoms in total. The Balaban J connectivity index is 2.31. The van der Waals surface area contributed by atoms with Gasteiger partial charge < -0.3 is 19.7 Å². The summed E-state index contributed by atoms with van der Waals surface area (Å²) in [5, 5.41) is 3.23. The second-order valence-electron chi connectivity index (χ2n) is 5.68. The van der Waals surface area contributed by atoms with Crippen molar-refractivity contribution in [2.45, 2.75) is 33.6 Å². The fraction of sp³-hybridized carbons (Fsp3) is 0.500. The molecule has 0 radical (unpaired) electrons. The van der Waals surface area contributed by atoms with Crippen LogP contribution in [0, 0.1) is 6.92 Å². The number of methoxy groups -OCH3 is 2. The Morgan fingerprint density at radius 3 is 2.32 bits per heavy atom. The maximum atomic E-state index is 5.42. The first-order chi connectivity index (χ1) is 12.1. The van der Waals surface area contributed by atoms with Gasteiger partial charge in [0.05, 0.1) is 19.9 Å². The minimum absolute atomic E-state index is 0.503. The van der Waals surface area contributed by atoms with Gasteiger partial charge in [-0.15, -0.1) is 0 Å². The van der Waals surface area contributed by atoms with Crippen LogP contribution in [-0.2, 0) is 0 Å². The molecule has 0 saturated carbocycles. The van der Waals surface area contributed by atoms with E-state index >= 15 is 0 Å². The first-order valence-electron chi connectivity index (χ1n) is 8.57. The second kappa shape index (κ2) is 9.05. The number of nitrogens with one attached hydrogen (secondary N) is 1. The van der Waals surface area contributed by atoms with Gasteiger partial charge in [0.1, 0.15) is 17.3 Å². The molecule has 1 heterocycles. The summed E-state index contributed by atoms with van der Waals surface area (Å²) in [5.41, 5.74) is 0.775. The monoisotopic (exact) mass is 345 g/mol. The first-order valence-corrected chi connectivity index (χ1v) is 8.57. The molecule has 7 heteroatoms. The Morgan fingerprint density at radius 2 is 1.72 bits per heavy atom. The van der Waals surface area contributed by atoms with Crippen LogP contribution in [0.3, 0.4) is 0 Å². The van der Waals surface area contributed by atoms with Gasteiger partial charge >= 0.3 is 0 Å². The lowest BCUT2D eigenvalue weighted by atomic mass is 10.2. The minimum atomic E-state index is 0.503. The highest BCUT2D eigenvalue weighted by molar-refractivity contribution is 5.64. The molecule has 25 heavy (non-hydrogen) atoms. The van der Waals surface area contributed by atoms with Gasteiger partial charge in [-0.05, 0) is 31.9 Å². The molecule has 0 saturated heterocycles. The van der Waals surface area contributed by atoms with Crippen molar-refractivity contribution in [3.63, 3.8) is 0 Å². The number of aromatic nitrogens is 3. The van der Waals surface area contributed by atoms with Gasteiger partial charge in [0.25, 0.3) is 0 Å². The average Bonchev–Trinajstić information content (AvgIpc) is 2.61. The normalized spacial score (nSPS) is 10.4. The molecule has 1 aromatic heterocycles. The number of nitrogens with zero attached hydrogens (tertiary/aromatic N) is 4. The van der Waals surface area contributed by atoms with Crippen molar-refractivity contribution in [2.24, 2.45) is 0 Å². The number of hydrogen-bond donors (Lipinski definition) is 1. The molecule has 0 spiro atoms. The van der Waals surface area contributed by atoms with Gasteiger partial charge in [-0.3, -0.25) is 0 Å². The third kappa shape index (κ3) is 4.95. The van der Waals surface area contributed by atoms with E-state index in [1.165, 1.54) is 0 Å². The Labute approximate surface area is 149 Å². The molecule has 0 unspecified atom stereocenters. The van der Waals surface area contributed by atoms with Gasteiger partial charge in [0.2, 0.25) is 11.9 Å². The smallest absolute Gasteiger partial charge is 0.232 e. The molecule has 0 bridgehead atoms. The van der Waals surface area contributed by atoms with Crippen LogP contribution in [0.2, 0.25) is 0 Å². The summed E-state index contributed by atoms with van der Waals surface area (Å²) in [5.74, 6) is 3.27. The SMILES string of the molecule is CCCN(CCC)c1nc(C)nc(Nc2ccc(OC)cc2OC)n1. The summed E-state index contributed by atoms with van der Waals surface area (Å²) in [7, 11) is 3.24. The van der Waals surface area contributed by atoms with Crippen molar-refractivity contribution in [1.82, 2.24) is 15.0 Å². The molecule has 0 amide bonds. The molecule has 2 rings (SSSR count). The van der Waals surface area contributed by atoms with Crippen LogP contribution in [0.4, 0.5) is 17.6 Å². The number of rotatable bonds is 9. The van der Waals surface area contributed by atoms with E-state index < -0.39 is 0 Å². The highest BCUT2D eigenvalue weighted by atomic mass is 16.5. The van der Waals surface area contributed by atoms with Gasteiger partial charge in [-0.25, -0.2) is 0 Å². The number of benzene rings is 1. The minimum Gasteiger partial charge on any atom is -0.497 e. The largest absolute Gasteiger partial charge is 0.497 e. The topological polar surface area (TPSA) is 72.4 Å². The zero-order valence-electron chi connectivity index (χ0n) is 15.7. The van der Waals surface area contributed by atoms with Crippen LogP contribution in [-0.4, -0.2) is 42.3 Å². The Morgan fingerprint density at radius 1 is 1.00 bits per heavy atom. The Bertz CT molecular complexity index is 687. The lowest BCUT2D eigenvalue weighted by Gasteiger charge is -2.22. The molecular formula is C18H27N5O2. The van der Waals surface area contributed by atoms with Gasteiger partial charge in [-0.1, -0.05) is 13.8 Å². The number of hydrogen-bond acceptors (Lipinski definition) is 7. The summed E-state index contributed by atoms with van der Waals surface area (Å²) in [6.07, 6.45) is 2.08. The molecule has 136 valence electrons. The zero-order chi connectivity index (χ0) is 18.2. The van der Waals surface area contributed by atoms with Crippen LogP contribution in [0.15, 0.2) is 18.2 Å². The lowest BCUT2D eigenvalue weighted by molar-refractivity contribution is 0.395. The van der Waals surface area contributed by atoms with Gasteiger partial charge in [0.15, 0.2) is 0 Å². The maximum absolute atomic E-state index is 5.42. The van der Waals surface area contributed by atoms with E-state index in [1.54, 1.807) is 14.2 Å². The van der Waals surface area contributed by atoms with E-state index in [9.17, 15) is 0 Å². The number of ether oxygens (including phenoxy) is 2. The summed E-state index contributed by atoms with van der Waals surface area (Å²) in [4.78, 5) is 15.7.